The summed E-state index contributed by atoms with van der Waals surface area (Å²) in [6.07, 6.45) is 0.853. The van der Waals surface area contributed by atoms with Gasteiger partial charge in [0.05, 0.1) is 6.61 Å². The number of hydrogen-bond acceptors (Lipinski definition) is 2. The molecule has 0 radical (unpaired) electrons. The molecule has 3 heteroatoms. The molecule has 78 valence electrons. The second-order valence-corrected chi connectivity index (χ2v) is 3.96. The maximum absolute atomic E-state index is 5.85. The van der Waals surface area contributed by atoms with E-state index in [1.54, 1.807) is 0 Å². The van der Waals surface area contributed by atoms with E-state index in [4.69, 9.17) is 22.1 Å². The average molecular weight is 214 g/mol. The molecule has 1 unspecified atom stereocenters. The standard InChI is InChI=1S/C11H16ClNO/c1-8-3-4-10(12)7-11(8)14-6-5-9(2)13/h3-4,7,9H,5-6,13H2,1-2H3. The lowest BCUT2D eigenvalue weighted by Gasteiger charge is -2.10. The van der Waals surface area contributed by atoms with Gasteiger partial charge in [0.25, 0.3) is 0 Å². The predicted octanol–water partition coefficient (Wildman–Crippen LogP) is 2.76. The monoisotopic (exact) mass is 213 g/mol. The molecule has 0 amide bonds. The van der Waals surface area contributed by atoms with Crippen LogP contribution in [-0.4, -0.2) is 12.6 Å². The molecule has 0 aliphatic carbocycles. The minimum Gasteiger partial charge on any atom is -0.493 e. The van der Waals surface area contributed by atoms with E-state index in [2.05, 4.69) is 0 Å². The smallest absolute Gasteiger partial charge is 0.123 e. The molecule has 0 saturated heterocycles. The van der Waals surface area contributed by atoms with Crippen molar-refractivity contribution < 1.29 is 4.74 Å². The molecular formula is C11H16ClNO. The topological polar surface area (TPSA) is 35.2 Å². The number of hydrogen-bond donors (Lipinski definition) is 1. The molecule has 1 aromatic rings. The van der Waals surface area contributed by atoms with Crippen LogP contribution in [0.1, 0.15) is 18.9 Å². The zero-order valence-corrected chi connectivity index (χ0v) is 9.34. The first kappa shape index (κ1) is 11.3. The van der Waals surface area contributed by atoms with Gasteiger partial charge in [-0.15, -0.1) is 0 Å². The number of nitrogens with two attached hydrogens (primary N) is 1. The summed E-state index contributed by atoms with van der Waals surface area (Å²) < 4.78 is 5.56. The fourth-order valence-electron chi connectivity index (χ4n) is 1.08. The van der Waals surface area contributed by atoms with E-state index in [1.165, 1.54) is 0 Å². The van der Waals surface area contributed by atoms with Crippen molar-refractivity contribution in [2.24, 2.45) is 5.73 Å². The van der Waals surface area contributed by atoms with E-state index >= 15 is 0 Å². The van der Waals surface area contributed by atoms with E-state index in [0.29, 0.717) is 11.6 Å². The molecule has 0 aromatic heterocycles. The number of ether oxygens (including phenoxy) is 1. The van der Waals surface area contributed by atoms with Crippen LogP contribution in [0.4, 0.5) is 0 Å². The predicted molar refractivity (Wildman–Crippen MR) is 60.0 cm³/mol. The third-order valence-corrected chi connectivity index (χ3v) is 2.22. The first-order chi connectivity index (χ1) is 6.59. The molecule has 0 aliphatic heterocycles. The molecule has 0 heterocycles. The Labute approximate surface area is 90.0 Å². The van der Waals surface area contributed by atoms with Crippen LogP contribution >= 0.6 is 11.6 Å². The van der Waals surface area contributed by atoms with Crippen LogP contribution in [-0.2, 0) is 0 Å². The molecule has 0 aliphatic rings. The summed E-state index contributed by atoms with van der Waals surface area (Å²) >= 11 is 5.85. The molecule has 0 bridgehead atoms. The van der Waals surface area contributed by atoms with Gasteiger partial charge in [0, 0.05) is 11.1 Å². The van der Waals surface area contributed by atoms with Crippen molar-refractivity contribution in [3.05, 3.63) is 28.8 Å². The van der Waals surface area contributed by atoms with Crippen LogP contribution < -0.4 is 10.5 Å². The largest absolute Gasteiger partial charge is 0.493 e. The average Bonchev–Trinajstić information content (AvgIpc) is 2.10. The molecule has 0 saturated carbocycles. The normalized spacial score (nSPS) is 12.6. The van der Waals surface area contributed by atoms with Gasteiger partial charge in [-0.2, -0.15) is 0 Å². The Hall–Kier alpha value is -0.730. The van der Waals surface area contributed by atoms with Gasteiger partial charge in [0.1, 0.15) is 5.75 Å². The van der Waals surface area contributed by atoms with E-state index in [1.807, 2.05) is 32.0 Å². The van der Waals surface area contributed by atoms with Crippen molar-refractivity contribution in [1.29, 1.82) is 0 Å². The van der Waals surface area contributed by atoms with Crippen LogP contribution in [0, 0.1) is 6.92 Å². The summed E-state index contributed by atoms with van der Waals surface area (Å²) in [6, 6.07) is 5.81. The summed E-state index contributed by atoms with van der Waals surface area (Å²) in [6.45, 7) is 4.60. The van der Waals surface area contributed by atoms with Gasteiger partial charge in [-0.05, 0) is 38.0 Å². The molecular weight excluding hydrogens is 198 g/mol. The van der Waals surface area contributed by atoms with E-state index in [9.17, 15) is 0 Å². The Bertz CT molecular complexity index is 299. The Kier molecular flexibility index (Phi) is 4.23. The molecule has 1 atom stereocenters. The molecule has 14 heavy (non-hydrogen) atoms. The second-order valence-electron chi connectivity index (χ2n) is 3.52. The minimum absolute atomic E-state index is 0.175. The van der Waals surface area contributed by atoms with Crippen molar-refractivity contribution in [3.8, 4) is 5.75 Å². The molecule has 1 aromatic carbocycles. The van der Waals surface area contributed by atoms with Gasteiger partial charge in [-0.1, -0.05) is 17.7 Å². The number of aryl methyl sites for hydroxylation is 1. The fraction of sp³-hybridized carbons (Fsp3) is 0.455. The zero-order valence-electron chi connectivity index (χ0n) is 8.59. The number of halogens is 1. The highest BCUT2D eigenvalue weighted by atomic mass is 35.5. The first-order valence-electron chi connectivity index (χ1n) is 4.74. The summed E-state index contributed by atoms with van der Waals surface area (Å²) in [7, 11) is 0. The third kappa shape index (κ3) is 3.56. The molecule has 0 spiro atoms. The maximum atomic E-state index is 5.85. The van der Waals surface area contributed by atoms with Gasteiger partial charge in [-0.3, -0.25) is 0 Å². The Morgan fingerprint density at radius 2 is 2.21 bits per heavy atom. The Morgan fingerprint density at radius 3 is 2.86 bits per heavy atom. The highest BCUT2D eigenvalue weighted by molar-refractivity contribution is 6.30. The van der Waals surface area contributed by atoms with Crippen LogP contribution in [0.2, 0.25) is 5.02 Å². The minimum atomic E-state index is 0.175. The van der Waals surface area contributed by atoms with Crippen molar-refractivity contribution >= 4 is 11.6 Å². The highest BCUT2D eigenvalue weighted by Crippen LogP contribution is 2.22. The van der Waals surface area contributed by atoms with E-state index in [-0.39, 0.29) is 6.04 Å². The van der Waals surface area contributed by atoms with Crippen LogP contribution in [0.3, 0.4) is 0 Å². The van der Waals surface area contributed by atoms with Crippen LogP contribution in [0.15, 0.2) is 18.2 Å². The first-order valence-corrected chi connectivity index (χ1v) is 5.12. The summed E-state index contributed by atoms with van der Waals surface area (Å²) in [5.74, 6) is 0.846. The van der Waals surface area contributed by atoms with Crippen LogP contribution in [0.25, 0.3) is 0 Å². The van der Waals surface area contributed by atoms with E-state index < -0.39 is 0 Å². The number of benzene rings is 1. The van der Waals surface area contributed by atoms with Gasteiger partial charge in [0.15, 0.2) is 0 Å². The third-order valence-electron chi connectivity index (χ3n) is 1.98. The SMILES string of the molecule is Cc1ccc(Cl)cc1OCCC(C)N. The lowest BCUT2D eigenvalue weighted by molar-refractivity contribution is 0.299. The van der Waals surface area contributed by atoms with Crippen LogP contribution in [0.5, 0.6) is 5.75 Å². The Balaban J connectivity index is 2.53. The summed E-state index contributed by atoms with van der Waals surface area (Å²) in [5, 5.41) is 0.700. The zero-order chi connectivity index (χ0) is 10.6. The number of rotatable bonds is 4. The molecule has 2 N–H and O–H groups in total. The van der Waals surface area contributed by atoms with Gasteiger partial charge in [-0.25, -0.2) is 0 Å². The lowest BCUT2D eigenvalue weighted by Crippen LogP contribution is -2.18. The molecule has 2 nitrogen and oxygen atoms in total. The lowest BCUT2D eigenvalue weighted by atomic mass is 10.2. The van der Waals surface area contributed by atoms with Gasteiger partial charge < -0.3 is 10.5 Å². The summed E-state index contributed by atoms with van der Waals surface area (Å²) in [5.41, 5.74) is 6.71. The molecule has 0 fully saturated rings. The van der Waals surface area contributed by atoms with Crippen molar-refractivity contribution in [2.45, 2.75) is 26.3 Å². The summed E-state index contributed by atoms with van der Waals surface area (Å²) in [4.78, 5) is 0. The quantitative estimate of drug-likeness (QED) is 0.835. The second kappa shape index (κ2) is 5.23. The van der Waals surface area contributed by atoms with E-state index in [0.717, 1.165) is 17.7 Å². The van der Waals surface area contributed by atoms with Gasteiger partial charge >= 0.3 is 0 Å². The van der Waals surface area contributed by atoms with Crippen molar-refractivity contribution in [2.75, 3.05) is 6.61 Å². The maximum Gasteiger partial charge on any atom is 0.123 e. The Morgan fingerprint density at radius 1 is 1.50 bits per heavy atom. The molecule has 1 rings (SSSR count). The van der Waals surface area contributed by atoms with Gasteiger partial charge in [0.2, 0.25) is 0 Å². The highest BCUT2D eigenvalue weighted by Gasteiger charge is 2.01. The van der Waals surface area contributed by atoms with Crippen molar-refractivity contribution in [3.63, 3.8) is 0 Å². The van der Waals surface area contributed by atoms with Crippen molar-refractivity contribution in [1.82, 2.24) is 0 Å². The fourth-order valence-corrected chi connectivity index (χ4v) is 1.25.